The highest BCUT2D eigenvalue weighted by atomic mass is 19.1. The van der Waals surface area contributed by atoms with Crippen molar-refractivity contribution in [3.05, 3.63) is 53.1 Å². The van der Waals surface area contributed by atoms with Crippen LogP contribution in [0.3, 0.4) is 0 Å². The molecule has 4 nitrogen and oxygen atoms in total. The van der Waals surface area contributed by atoms with Crippen LogP contribution in [0.5, 0.6) is 0 Å². The Bertz CT molecular complexity index is 590. The summed E-state index contributed by atoms with van der Waals surface area (Å²) in [5, 5.41) is 7.08. The van der Waals surface area contributed by atoms with Gasteiger partial charge in [-0.25, -0.2) is 4.39 Å². The van der Waals surface area contributed by atoms with Crippen molar-refractivity contribution in [3.8, 4) is 0 Å². The van der Waals surface area contributed by atoms with Gasteiger partial charge < -0.3 is 5.32 Å². The maximum absolute atomic E-state index is 12.8. The van der Waals surface area contributed by atoms with Gasteiger partial charge in [0, 0.05) is 24.3 Å². The number of nitrogens with zero attached hydrogens (tertiary/aromatic N) is 2. The van der Waals surface area contributed by atoms with Gasteiger partial charge in [0.1, 0.15) is 5.82 Å². The van der Waals surface area contributed by atoms with E-state index < -0.39 is 0 Å². The molecule has 0 bridgehead atoms. The summed E-state index contributed by atoms with van der Waals surface area (Å²) >= 11 is 0. The molecule has 5 heteroatoms. The van der Waals surface area contributed by atoms with E-state index in [4.69, 9.17) is 0 Å². The summed E-state index contributed by atoms with van der Waals surface area (Å²) in [6.45, 7) is 5.29. The molecule has 0 radical (unpaired) electrons. The van der Waals surface area contributed by atoms with Crippen molar-refractivity contribution in [2.45, 2.75) is 33.4 Å². The summed E-state index contributed by atoms with van der Waals surface area (Å²) in [5.74, 6) is -0.378. The molecule has 0 aliphatic rings. The number of carbonyl (C=O) groups is 1. The number of nitrogens with one attached hydrogen (secondary N) is 1. The predicted molar refractivity (Wildman–Crippen MR) is 74.6 cm³/mol. The van der Waals surface area contributed by atoms with Crippen molar-refractivity contribution >= 4 is 5.91 Å². The topological polar surface area (TPSA) is 46.9 Å². The number of halogens is 1. The van der Waals surface area contributed by atoms with Crippen molar-refractivity contribution < 1.29 is 9.18 Å². The molecule has 0 fully saturated rings. The van der Waals surface area contributed by atoms with Crippen LogP contribution in [0.4, 0.5) is 4.39 Å². The molecule has 0 unspecified atom stereocenters. The van der Waals surface area contributed by atoms with Crippen molar-refractivity contribution in [2.24, 2.45) is 0 Å². The van der Waals surface area contributed by atoms with E-state index in [0.29, 0.717) is 6.54 Å². The van der Waals surface area contributed by atoms with Crippen LogP contribution >= 0.6 is 0 Å². The maximum Gasteiger partial charge on any atom is 0.224 e. The van der Waals surface area contributed by atoms with E-state index >= 15 is 0 Å². The molecule has 0 spiro atoms. The average molecular weight is 275 g/mol. The van der Waals surface area contributed by atoms with E-state index in [-0.39, 0.29) is 18.1 Å². The fraction of sp³-hybridized carbons (Fsp3) is 0.333. The molecule has 1 N–H and O–H groups in total. The Morgan fingerprint density at radius 2 is 2.05 bits per heavy atom. The lowest BCUT2D eigenvalue weighted by Crippen LogP contribution is -2.24. The Morgan fingerprint density at radius 3 is 2.65 bits per heavy atom. The largest absolute Gasteiger partial charge is 0.352 e. The third kappa shape index (κ3) is 3.44. The van der Waals surface area contributed by atoms with E-state index in [1.165, 1.54) is 12.1 Å². The molecule has 2 aromatic rings. The summed E-state index contributed by atoms with van der Waals surface area (Å²) < 4.78 is 14.7. The number of rotatable bonds is 5. The highest BCUT2D eigenvalue weighted by Crippen LogP contribution is 2.07. The SMILES string of the molecule is CCn1ncc(CNC(=O)Cc2ccc(F)cc2)c1C. The highest BCUT2D eigenvalue weighted by molar-refractivity contribution is 5.78. The molecule has 106 valence electrons. The first-order valence-electron chi connectivity index (χ1n) is 6.62. The monoisotopic (exact) mass is 275 g/mol. The van der Waals surface area contributed by atoms with Crippen LogP contribution in [0.1, 0.15) is 23.7 Å². The van der Waals surface area contributed by atoms with E-state index in [9.17, 15) is 9.18 Å². The Morgan fingerprint density at radius 1 is 1.35 bits per heavy atom. The van der Waals surface area contributed by atoms with Gasteiger partial charge in [0.2, 0.25) is 5.91 Å². The molecule has 1 aromatic heterocycles. The minimum absolute atomic E-state index is 0.0831. The average Bonchev–Trinajstić information content (AvgIpc) is 2.79. The van der Waals surface area contributed by atoms with Gasteiger partial charge in [0.15, 0.2) is 0 Å². The predicted octanol–water partition coefficient (Wildman–Crippen LogP) is 2.21. The fourth-order valence-corrected chi connectivity index (χ4v) is 2.02. The van der Waals surface area contributed by atoms with Crippen molar-refractivity contribution in [2.75, 3.05) is 0 Å². The number of aryl methyl sites for hydroxylation is 1. The number of hydrogen-bond donors (Lipinski definition) is 1. The number of hydrogen-bond acceptors (Lipinski definition) is 2. The molecule has 1 aromatic carbocycles. The maximum atomic E-state index is 12.8. The minimum Gasteiger partial charge on any atom is -0.352 e. The first-order valence-corrected chi connectivity index (χ1v) is 6.62. The third-order valence-electron chi connectivity index (χ3n) is 3.26. The molecular weight excluding hydrogens is 257 g/mol. The van der Waals surface area contributed by atoms with Crippen LogP contribution in [-0.4, -0.2) is 15.7 Å². The van der Waals surface area contributed by atoms with Crippen molar-refractivity contribution in [3.63, 3.8) is 0 Å². The smallest absolute Gasteiger partial charge is 0.224 e. The summed E-state index contributed by atoms with van der Waals surface area (Å²) in [6.07, 6.45) is 2.03. The zero-order chi connectivity index (χ0) is 14.5. The van der Waals surface area contributed by atoms with Gasteiger partial charge in [-0.3, -0.25) is 9.48 Å². The van der Waals surface area contributed by atoms with E-state index in [0.717, 1.165) is 23.4 Å². The number of benzene rings is 1. The van der Waals surface area contributed by atoms with Crippen LogP contribution in [-0.2, 0) is 24.3 Å². The Balaban J connectivity index is 1.88. The van der Waals surface area contributed by atoms with E-state index in [2.05, 4.69) is 10.4 Å². The number of carbonyl (C=O) groups excluding carboxylic acids is 1. The summed E-state index contributed by atoms with van der Waals surface area (Å²) in [4.78, 5) is 11.8. The van der Waals surface area contributed by atoms with Crippen LogP contribution in [0.15, 0.2) is 30.5 Å². The third-order valence-corrected chi connectivity index (χ3v) is 3.26. The Hall–Kier alpha value is -2.17. The summed E-state index contributed by atoms with van der Waals surface area (Å²) in [6, 6.07) is 5.96. The molecule has 0 saturated carbocycles. The molecule has 0 atom stereocenters. The standard InChI is InChI=1S/C15H18FN3O/c1-3-19-11(2)13(10-18-19)9-17-15(20)8-12-4-6-14(16)7-5-12/h4-7,10H,3,8-9H2,1-2H3,(H,17,20). The van der Waals surface area contributed by atoms with E-state index in [1.807, 2.05) is 18.5 Å². The molecule has 1 heterocycles. The lowest BCUT2D eigenvalue weighted by molar-refractivity contribution is -0.120. The lowest BCUT2D eigenvalue weighted by atomic mass is 10.1. The van der Waals surface area contributed by atoms with Gasteiger partial charge in [-0.05, 0) is 31.5 Å². The Kier molecular flexibility index (Phi) is 4.50. The van der Waals surface area contributed by atoms with Gasteiger partial charge in [0.25, 0.3) is 0 Å². The first kappa shape index (κ1) is 14.2. The summed E-state index contributed by atoms with van der Waals surface area (Å²) in [5.41, 5.74) is 2.87. The molecule has 2 rings (SSSR count). The quantitative estimate of drug-likeness (QED) is 0.909. The molecule has 0 aliphatic carbocycles. The number of aromatic nitrogens is 2. The van der Waals surface area contributed by atoms with Gasteiger partial charge in [-0.15, -0.1) is 0 Å². The van der Waals surface area contributed by atoms with E-state index in [1.54, 1.807) is 18.3 Å². The van der Waals surface area contributed by atoms with Crippen LogP contribution in [0.2, 0.25) is 0 Å². The van der Waals surface area contributed by atoms with Gasteiger partial charge >= 0.3 is 0 Å². The Labute approximate surface area is 117 Å². The zero-order valence-corrected chi connectivity index (χ0v) is 11.7. The lowest BCUT2D eigenvalue weighted by Gasteiger charge is -2.06. The molecule has 0 saturated heterocycles. The molecule has 1 amide bonds. The second kappa shape index (κ2) is 6.32. The fourth-order valence-electron chi connectivity index (χ4n) is 2.02. The second-order valence-electron chi connectivity index (χ2n) is 4.65. The molecule has 20 heavy (non-hydrogen) atoms. The van der Waals surface area contributed by atoms with Gasteiger partial charge in [-0.2, -0.15) is 5.10 Å². The van der Waals surface area contributed by atoms with Gasteiger partial charge in [-0.1, -0.05) is 12.1 Å². The van der Waals surface area contributed by atoms with Crippen LogP contribution in [0, 0.1) is 12.7 Å². The second-order valence-corrected chi connectivity index (χ2v) is 4.65. The summed E-state index contributed by atoms with van der Waals surface area (Å²) in [7, 11) is 0. The molecular formula is C15H18FN3O. The highest BCUT2D eigenvalue weighted by Gasteiger charge is 2.08. The van der Waals surface area contributed by atoms with Crippen LogP contribution in [0.25, 0.3) is 0 Å². The number of amides is 1. The van der Waals surface area contributed by atoms with Gasteiger partial charge in [0.05, 0.1) is 12.6 Å². The normalized spacial score (nSPS) is 10.6. The zero-order valence-electron chi connectivity index (χ0n) is 11.7. The van der Waals surface area contributed by atoms with Crippen molar-refractivity contribution in [1.29, 1.82) is 0 Å². The minimum atomic E-state index is -0.295. The first-order chi connectivity index (χ1) is 9.60. The molecule has 0 aliphatic heterocycles. The van der Waals surface area contributed by atoms with Crippen molar-refractivity contribution in [1.82, 2.24) is 15.1 Å². The van der Waals surface area contributed by atoms with Crippen LogP contribution < -0.4 is 5.32 Å².